The molecular weight excluding hydrogens is 252 g/mol. The second-order valence-corrected chi connectivity index (χ2v) is 4.76. The molecule has 3 heteroatoms. The first-order valence-corrected chi connectivity index (χ1v) is 6.52. The summed E-state index contributed by atoms with van der Waals surface area (Å²) in [6.45, 7) is 1.82. The number of aliphatic hydroxyl groups is 1. The third-order valence-electron chi connectivity index (χ3n) is 3.64. The molecular formula is C17H18O3. The van der Waals surface area contributed by atoms with Crippen LogP contribution >= 0.6 is 0 Å². The number of esters is 1. The SMILES string of the molecule is COC(=O)[C@@](O)(c1ccccc1)[C@H](C)c1ccccc1. The fourth-order valence-electron chi connectivity index (χ4n) is 2.38. The van der Waals surface area contributed by atoms with Gasteiger partial charge in [-0.15, -0.1) is 0 Å². The summed E-state index contributed by atoms with van der Waals surface area (Å²) in [6.07, 6.45) is 0. The Labute approximate surface area is 118 Å². The van der Waals surface area contributed by atoms with Crippen molar-refractivity contribution >= 4 is 5.97 Å². The van der Waals surface area contributed by atoms with Gasteiger partial charge in [0.1, 0.15) is 0 Å². The number of hydrogen-bond acceptors (Lipinski definition) is 3. The highest BCUT2D eigenvalue weighted by molar-refractivity contribution is 5.82. The van der Waals surface area contributed by atoms with Crippen molar-refractivity contribution < 1.29 is 14.6 Å². The smallest absolute Gasteiger partial charge is 0.343 e. The van der Waals surface area contributed by atoms with Crippen LogP contribution in [0.5, 0.6) is 0 Å². The number of carbonyl (C=O) groups excluding carboxylic acids is 1. The van der Waals surface area contributed by atoms with Crippen LogP contribution in [0.4, 0.5) is 0 Å². The predicted octanol–water partition coefficient (Wildman–Crippen LogP) is 2.85. The zero-order valence-corrected chi connectivity index (χ0v) is 11.6. The lowest BCUT2D eigenvalue weighted by atomic mass is 9.78. The van der Waals surface area contributed by atoms with E-state index >= 15 is 0 Å². The third-order valence-corrected chi connectivity index (χ3v) is 3.64. The van der Waals surface area contributed by atoms with Crippen molar-refractivity contribution in [1.29, 1.82) is 0 Å². The second kappa shape index (κ2) is 5.88. The molecule has 2 aromatic carbocycles. The Hall–Kier alpha value is -2.13. The van der Waals surface area contributed by atoms with E-state index in [9.17, 15) is 9.90 Å². The highest BCUT2D eigenvalue weighted by Gasteiger charge is 2.45. The minimum Gasteiger partial charge on any atom is -0.467 e. The number of methoxy groups -OCH3 is 1. The summed E-state index contributed by atoms with van der Waals surface area (Å²) in [7, 11) is 1.29. The summed E-state index contributed by atoms with van der Waals surface area (Å²) in [5.41, 5.74) is -0.287. The first-order valence-electron chi connectivity index (χ1n) is 6.52. The standard InChI is InChI=1S/C17H18O3/c1-13(14-9-5-3-6-10-14)17(19,16(18)20-2)15-11-7-4-8-12-15/h3-13,19H,1-2H3/t13-,17+/m1/s1. The van der Waals surface area contributed by atoms with Crippen LogP contribution in [-0.2, 0) is 15.1 Å². The minimum atomic E-state index is -1.70. The van der Waals surface area contributed by atoms with Gasteiger partial charge < -0.3 is 9.84 Å². The molecule has 3 nitrogen and oxygen atoms in total. The fraction of sp³-hybridized carbons (Fsp3) is 0.235. The molecule has 1 N–H and O–H groups in total. The van der Waals surface area contributed by atoms with Crippen molar-refractivity contribution in [3.8, 4) is 0 Å². The molecule has 0 amide bonds. The zero-order valence-electron chi connectivity index (χ0n) is 11.6. The molecule has 0 aliphatic heterocycles. The van der Waals surface area contributed by atoms with E-state index in [0.29, 0.717) is 5.56 Å². The molecule has 20 heavy (non-hydrogen) atoms. The van der Waals surface area contributed by atoms with Crippen LogP contribution in [0.1, 0.15) is 24.0 Å². The van der Waals surface area contributed by atoms with Crippen molar-refractivity contribution in [2.24, 2.45) is 0 Å². The first kappa shape index (κ1) is 14.3. The Morgan fingerprint density at radius 1 is 1.05 bits per heavy atom. The van der Waals surface area contributed by atoms with Gasteiger partial charge in [0, 0.05) is 5.92 Å². The average Bonchev–Trinajstić information content (AvgIpc) is 2.54. The Morgan fingerprint density at radius 3 is 2.05 bits per heavy atom. The van der Waals surface area contributed by atoms with Gasteiger partial charge in [0.2, 0.25) is 0 Å². The van der Waals surface area contributed by atoms with Gasteiger partial charge in [-0.25, -0.2) is 4.79 Å². The van der Waals surface area contributed by atoms with Crippen LogP contribution in [0.2, 0.25) is 0 Å². The van der Waals surface area contributed by atoms with Crippen LogP contribution in [0.3, 0.4) is 0 Å². The number of ether oxygens (including phenoxy) is 1. The maximum absolute atomic E-state index is 12.2. The van der Waals surface area contributed by atoms with Gasteiger partial charge in [-0.3, -0.25) is 0 Å². The van der Waals surface area contributed by atoms with E-state index in [1.54, 1.807) is 24.3 Å². The van der Waals surface area contributed by atoms with E-state index in [2.05, 4.69) is 0 Å². The van der Waals surface area contributed by atoms with Gasteiger partial charge in [0.05, 0.1) is 7.11 Å². The quantitative estimate of drug-likeness (QED) is 0.869. The summed E-state index contributed by atoms with van der Waals surface area (Å²) in [4.78, 5) is 12.2. The topological polar surface area (TPSA) is 46.5 Å². The van der Waals surface area contributed by atoms with E-state index in [1.807, 2.05) is 43.3 Å². The van der Waals surface area contributed by atoms with Gasteiger partial charge in [-0.1, -0.05) is 67.6 Å². The average molecular weight is 270 g/mol. The van der Waals surface area contributed by atoms with Crippen LogP contribution in [0, 0.1) is 0 Å². The molecule has 0 spiro atoms. The number of carbonyl (C=O) groups is 1. The van der Waals surface area contributed by atoms with E-state index < -0.39 is 17.5 Å². The molecule has 0 saturated carbocycles. The molecule has 104 valence electrons. The maximum Gasteiger partial charge on any atom is 0.343 e. The molecule has 0 bridgehead atoms. The molecule has 0 aliphatic carbocycles. The maximum atomic E-state index is 12.2. The van der Waals surface area contributed by atoms with Gasteiger partial charge in [0.25, 0.3) is 0 Å². The van der Waals surface area contributed by atoms with Gasteiger partial charge in [-0.05, 0) is 11.1 Å². The fourth-order valence-corrected chi connectivity index (χ4v) is 2.38. The lowest BCUT2D eigenvalue weighted by Crippen LogP contribution is -2.41. The molecule has 2 atom stereocenters. The Morgan fingerprint density at radius 2 is 1.55 bits per heavy atom. The first-order chi connectivity index (χ1) is 9.60. The Kier molecular flexibility index (Phi) is 4.20. The van der Waals surface area contributed by atoms with Crippen LogP contribution in [-0.4, -0.2) is 18.2 Å². The van der Waals surface area contributed by atoms with Crippen LogP contribution < -0.4 is 0 Å². The van der Waals surface area contributed by atoms with Gasteiger partial charge in [0.15, 0.2) is 5.60 Å². The predicted molar refractivity (Wildman–Crippen MR) is 77.2 cm³/mol. The van der Waals surface area contributed by atoms with Crippen molar-refractivity contribution in [2.45, 2.75) is 18.4 Å². The molecule has 2 rings (SSSR count). The van der Waals surface area contributed by atoms with Gasteiger partial charge in [-0.2, -0.15) is 0 Å². The molecule has 0 heterocycles. The molecule has 0 aliphatic rings. The number of rotatable bonds is 4. The lowest BCUT2D eigenvalue weighted by molar-refractivity contribution is -0.166. The number of benzene rings is 2. The van der Waals surface area contributed by atoms with Crippen molar-refractivity contribution in [2.75, 3.05) is 7.11 Å². The summed E-state index contributed by atoms with van der Waals surface area (Å²) >= 11 is 0. The highest BCUT2D eigenvalue weighted by atomic mass is 16.5. The normalized spacial score (nSPS) is 15.2. The summed E-state index contributed by atoms with van der Waals surface area (Å²) in [5, 5.41) is 11.0. The second-order valence-electron chi connectivity index (χ2n) is 4.76. The van der Waals surface area contributed by atoms with E-state index in [4.69, 9.17) is 4.74 Å². The van der Waals surface area contributed by atoms with E-state index in [1.165, 1.54) is 7.11 Å². The van der Waals surface area contributed by atoms with Crippen molar-refractivity contribution in [3.63, 3.8) is 0 Å². The third kappa shape index (κ3) is 2.45. The summed E-state index contributed by atoms with van der Waals surface area (Å²) < 4.78 is 4.82. The van der Waals surface area contributed by atoms with E-state index in [-0.39, 0.29) is 0 Å². The molecule has 0 saturated heterocycles. The lowest BCUT2D eigenvalue weighted by Gasteiger charge is -2.32. The molecule has 0 unspecified atom stereocenters. The van der Waals surface area contributed by atoms with Crippen LogP contribution in [0.15, 0.2) is 60.7 Å². The monoisotopic (exact) mass is 270 g/mol. The van der Waals surface area contributed by atoms with Crippen molar-refractivity contribution in [3.05, 3.63) is 71.8 Å². The molecule has 0 radical (unpaired) electrons. The summed E-state index contributed by atoms with van der Waals surface area (Å²) in [6, 6.07) is 18.3. The molecule has 0 aromatic heterocycles. The zero-order chi connectivity index (χ0) is 14.6. The van der Waals surface area contributed by atoms with Crippen molar-refractivity contribution in [1.82, 2.24) is 0 Å². The Bertz CT molecular complexity index is 565. The van der Waals surface area contributed by atoms with E-state index in [0.717, 1.165) is 5.56 Å². The minimum absolute atomic E-state index is 0.418. The molecule has 2 aromatic rings. The van der Waals surface area contributed by atoms with Gasteiger partial charge >= 0.3 is 5.97 Å². The molecule has 0 fully saturated rings. The Balaban J connectivity index is 2.51. The summed E-state index contributed by atoms with van der Waals surface area (Å²) in [5.74, 6) is -1.07. The number of hydrogen-bond donors (Lipinski definition) is 1. The largest absolute Gasteiger partial charge is 0.467 e. The van der Waals surface area contributed by atoms with Crippen LogP contribution in [0.25, 0.3) is 0 Å². The highest BCUT2D eigenvalue weighted by Crippen LogP contribution is 2.37.